The van der Waals surface area contributed by atoms with Crippen LogP contribution in [0.3, 0.4) is 0 Å². The van der Waals surface area contributed by atoms with E-state index in [9.17, 15) is 5.11 Å². The van der Waals surface area contributed by atoms with Crippen LogP contribution in [0.2, 0.25) is 0 Å². The number of rotatable bonds is 7. The van der Waals surface area contributed by atoms with Crippen LogP contribution in [0.1, 0.15) is 5.56 Å². The predicted molar refractivity (Wildman–Crippen MR) is 104 cm³/mol. The van der Waals surface area contributed by atoms with Gasteiger partial charge < -0.3 is 24.1 Å². The highest BCUT2D eigenvalue weighted by Gasteiger charge is 2.21. The van der Waals surface area contributed by atoms with Gasteiger partial charge in [0, 0.05) is 50.9 Å². The Bertz CT molecular complexity index is 788. The van der Waals surface area contributed by atoms with Crippen LogP contribution in [-0.2, 0) is 6.54 Å². The Hall–Kier alpha value is -2.64. The van der Waals surface area contributed by atoms with Crippen molar-refractivity contribution in [1.29, 1.82) is 0 Å². The van der Waals surface area contributed by atoms with Gasteiger partial charge in [0.25, 0.3) is 0 Å². The summed E-state index contributed by atoms with van der Waals surface area (Å²) in [5.74, 6) is 3.28. The molecule has 2 aliphatic rings. The lowest BCUT2D eigenvalue weighted by Crippen LogP contribution is -2.47. The van der Waals surface area contributed by atoms with Crippen molar-refractivity contribution >= 4 is 0 Å². The van der Waals surface area contributed by atoms with E-state index in [2.05, 4.69) is 9.80 Å². The predicted octanol–water partition coefficient (Wildman–Crippen LogP) is 2.33. The lowest BCUT2D eigenvalue weighted by atomic mass is 10.1. The Morgan fingerprint density at radius 3 is 2.29 bits per heavy atom. The maximum atomic E-state index is 10.2. The molecule has 0 amide bonds. The van der Waals surface area contributed by atoms with E-state index >= 15 is 0 Å². The summed E-state index contributed by atoms with van der Waals surface area (Å²) >= 11 is 0. The summed E-state index contributed by atoms with van der Waals surface area (Å²) in [6.07, 6.45) is 0. The van der Waals surface area contributed by atoms with Gasteiger partial charge in [0.1, 0.15) is 23.9 Å². The number of hydrogen-bond acceptors (Lipinski definition) is 7. The molecule has 7 nitrogen and oxygen atoms in total. The van der Waals surface area contributed by atoms with Crippen molar-refractivity contribution in [3.05, 3.63) is 42.0 Å². The molecule has 1 N–H and O–H groups in total. The van der Waals surface area contributed by atoms with Crippen molar-refractivity contribution in [3.8, 4) is 28.7 Å². The van der Waals surface area contributed by atoms with Gasteiger partial charge in [0.05, 0.1) is 7.11 Å². The highest BCUT2D eigenvalue weighted by atomic mass is 16.7. The molecule has 0 unspecified atom stereocenters. The van der Waals surface area contributed by atoms with Crippen LogP contribution in [0.25, 0.3) is 0 Å². The average Bonchev–Trinajstić information content (AvgIpc) is 3.17. The Morgan fingerprint density at radius 2 is 1.57 bits per heavy atom. The molecule has 0 saturated carbocycles. The second-order valence-electron chi connectivity index (χ2n) is 6.98. The average molecular weight is 386 g/mol. The summed E-state index contributed by atoms with van der Waals surface area (Å²) in [6, 6.07) is 11.2. The molecule has 1 saturated heterocycles. The van der Waals surface area contributed by atoms with E-state index in [1.807, 2.05) is 30.3 Å². The van der Waals surface area contributed by atoms with Crippen LogP contribution in [0.4, 0.5) is 0 Å². The number of aromatic hydroxyl groups is 1. The van der Waals surface area contributed by atoms with E-state index in [0.717, 1.165) is 49.8 Å². The second kappa shape index (κ2) is 8.58. The van der Waals surface area contributed by atoms with Gasteiger partial charge in [-0.15, -0.1) is 0 Å². The third-order valence-corrected chi connectivity index (χ3v) is 5.17. The van der Waals surface area contributed by atoms with Gasteiger partial charge in [-0.1, -0.05) is 0 Å². The molecule has 2 heterocycles. The highest BCUT2D eigenvalue weighted by molar-refractivity contribution is 5.51. The molecule has 1 fully saturated rings. The van der Waals surface area contributed by atoms with E-state index in [4.69, 9.17) is 18.9 Å². The van der Waals surface area contributed by atoms with Crippen molar-refractivity contribution < 1.29 is 24.1 Å². The van der Waals surface area contributed by atoms with Gasteiger partial charge in [0.15, 0.2) is 11.5 Å². The minimum Gasteiger partial charge on any atom is -0.507 e. The zero-order chi connectivity index (χ0) is 19.3. The Kier molecular flexibility index (Phi) is 5.73. The Labute approximate surface area is 165 Å². The fourth-order valence-electron chi connectivity index (χ4n) is 3.48. The molecular weight excluding hydrogens is 360 g/mol. The molecule has 0 spiro atoms. The fourth-order valence-corrected chi connectivity index (χ4v) is 3.48. The maximum Gasteiger partial charge on any atom is 0.231 e. The van der Waals surface area contributed by atoms with Crippen molar-refractivity contribution in [2.75, 3.05) is 53.2 Å². The lowest BCUT2D eigenvalue weighted by Gasteiger charge is -2.34. The van der Waals surface area contributed by atoms with Crippen LogP contribution < -0.4 is 18.9 Å². The standard InChI is InChI=1S/C21H26N2O5/c1-25-17-2-4-18(5-3-17)26-11-10-22-6-8-23(9-7-22)14-16-12-20-21(13-19(16)24)28-15-27-20/h2-5,12-13,24H,6-11,14-15H2,1H3. The monoisotopic (exact) mass is 386 g/mol. The number of phenolic OH excluding ortho intramolecular Hbond substituents is 1. The third-order valence-electron chi connectivity index (χ3n) is 5.17. The number of ether oxygens (including phenoxy) is 4. The molecule has 7 heteroatoms. The molecule has 0 aliphatic carbocycles. The molecule has 2 aliphatic heterocycles. The number of hydrogen-bond donors (Lipinski definition) is 1. The van der Waals surface area contributed by atoms with Crippen molar-refractivity contribution in [1.82, 2.24) is 9.80 Å². The van der Waals surface area contributed by atoms with Gasteiger partial charge in [-0.2, -0.15) is 0 Å². The first-order chi connectivity index (χ1) is 13.7. The lowest BCUT2D eigenvalue weighted by molar-refractivity contribution is 0.112. The fraction of sp³-hybridized carbons (Fsp3) is 0.429. The molecule has 2 aromatic rings. The van der Waals surface area contributed by atoms with E-state index in [1.54, 1.807) is 13.2 Å². The smallest absolute Gasteiger partial charge is 0.231 e. The summed E-state index contributed by atoms with van der Waals surface area (Å²) in [6.45, 7) is 6.36. The normalized spacial score (nSPS) is 16.9. The molecule has 0 aromatic heterocycles. The quantitative estimate of drug-likeness (QED) is 0.784. The molecule has 28 heavy (non-hydrogen) atoms. The number of methoxy groups -OCH3 is 1. The first kappa shape index (κ1) is 18.7. The summed E-state index contributed by atoms with van der Waals surface area (Å²) in [5.41, 5.74) is 0.875. The largest absolute Gasteiger partial charge is 0.507 e. The number of nitrogens with zero attached hydrogens (tertiary/aromatic N) is 2. The Morgan fingerprint density at radius 1 is 0.929 bits per heavy atom. The van der Waals surface area contributed by atoms with Crippen LogP contribution in [0, 0.1) is 0 Å². The SMILES string of the molecule is COc1ccc(OCCN2CCN(Cc3cc4c(cc3O)OCO4)CC2)cc1. The van der Waals surface area contributed by atoms with Gasteiger partial charge in [0.2, 0.25) is 6.79 Å². The topological polar surface area (TPSA) is 63.6 Å². The van der Waals surface area contributed by atoms with Crippen LogP contribution in [0.5, 0.6) is 28.7 Å². The molecule has 2 aromatic carbocycles. The van der Waals surface area contributed by atoms with Gasteiger partial charge in [-0.05, 0) is 30.3 Å². The molecule has 0 radical (unpaired) electrons. The van der Waals surface area contributed by atoms with Crippen LogP contribution in [0.15, 0.2) is 36.4 Å². The molecule has 4 rings (SSSR count). The first-order valence-corrected chi connectivity index (χ1v) is 9.54. The van der Waals surface area contributed by atoms with E-state index in [1.165, 1.54) is 0 Å². The minimum absolute atomic E-state index is 0.218. The number of piperazine rings is 1. The van der Waals surface area contributed by atoms with Crippen LogP contribution in [-0.4, -0.2) is 68.1 Å². The minimum atomic E-state index is 0.218. The summed E-state index contributed by atoms with van der Waals surface area (Å²) < 4.78 is 21.7. The Balaban J connectivity index is 1.20. The number of phenols is 1. The van der Waals surface area contributed by atoms with Crippen molar-refractivity contribution in [2.45, 2.75) is 6.54 Å². The molecular formula is C21H26N2O5. The number of fused-ring (bicyclic) bond motifs is 1. The molecule has 150 valence electrons. The van der Waals surface area contributed by atoms with Crippen LogP contribution >= 0.6 is 0 Å². The zero-order valence-electron chi connectivity index (χ0n) is 16.1. The third kappa shape index (κ3) is 4.43. The second-order valence-corrected chi connectivity index (χ2v) is 6.98. The van der Waals surface area contributed by atoms with E-state index in [-0.39, 0.29) is 12.5 Å². The summed E-state index contributed by atoms with van der Waals surface area (Å²) in [7, 11) is 1.66. The highest BCUT2D eigenvalue weighted by Crippen LogP contribution is 2.38. The van der Waals surface area contributed by atoms with Gasteiger partial charge in [-0.25, -0.2) is 0 Å². The summed E-state index contributed by atoms with van der Waals surface area (Å²) in [4.78, 5) is 4.75. The first-order valence-electron chi connectivity index (χ1n) is 9.54. The maximum absolute atomic E-state index is 10.2. The van der Waals surface area contributed by atoms with Crippen molar-refractivity contribution in [3.63, 3.8) is 0 Å². The van der Waals surface area contributed by atoms with Gasteiger partial charge in [-0.3, -0.25) is 9.80 Å². The zero-order valence-corrected chi connectivity index (χ0v) is 16.1. The van der Waals surface area contributed by atoms with E-state index < -0.39 is 0 Å². The van der Waals surface area contributed by atoms with Gasteiger partial charge >= 0.3 is 0 Å². The van der Waals surface area contributed by atoms with E-state index in [0.29, 0.717) is 24.7 Å². The molecule has 0 bridgehead atoms. The molecule has 0 atom stereocenters. The summed E-state index contributed by atoms with van der Waals surface area (Å²) in [5, 5.41) is 10.2. The number of benzene rings is 2. The van der Waals surface area contributed by atoms with Crippen molar-refractivity contribution in [2.24, 2.45) is 0 Å².